The van der Waals surface area contributed by atoms with Gasteiger partial charge in [0.25, 0.3) is 0 Å². The van der Waals surface area contributed by atoms with Gasteiger partial charge in [-0.3, -0.25) is 14.4 Å². The maximum atomic E-state index is 15.4. The first kappa shape index (κ1) is 23.3. The second kappa shape index (κ2) is 7.87. The standard InChI is InChI=1S/C25H33FO6/c1-4-5-21(31)32-25(20(30)13-27)9-7-16-15-11-18(26)17-10-14(28)6-8-23(17,2)22(15)19(29)12-24(16,25)3/h6,8,10,15-16,18-19,22,27,29H,4-5,7,9,11-13H2,1-3H3/t15-,16-,18-,19-,22+,23-,24-,25-/m0/s1. The molecule has 32 heavy (non-hydrogen) atoms. The summed E-state index contributed by atoms with van der Waals surface area (Å²) in [5.41, 5.74) is -2.81. The van der Waals surface area contributed by atoms with Crippen molar-refractivity contribution in [3.63, 3.8) is 0 Å². The highest BCUT2D eigenvalue weighted by molar-refractivity contribution is 6.01. The van der Waals surface area contributed by atoms with Gasteiger partial charge >= 0.3 is 5.97 Å². The van der Waals surface area contributed by atoms with Crippen LogP contribution in [0.1, 0.15) is 59.3 Å². The lowest BCUT2D eigenvalue weighted by Crippen LogP contribution is -2.63. The van der Waals surface area contributed by atoms with Crippen LogP contribution in [0.5, 0.6) is 0 Å². The molecule has 0 bridgehead atoms. The number of ether oxygens (including phenoxy) is 1. The topological polar surface area (TPSA) is 101 Å². The summed E-state index contributed by atoms with van der Waals surface area (Å²) >= 11 is 0. The number of allylic oxidation sites excluding steroid dienone is 4. The van der Waals surface area contributed by atoms with Crippen molar-refractivity contribution in [3.05, 3.63) is 23.8 Å². The van der Waals surface area contributed by atoms with Crippen LogP contribution < -0.4 is 0 Å². The summed E-state index contributed by atoms with van der Waals surface area (Å²) < 4.78 is 21.3. The summed E-state index contributed by atoms with van der Waals surface area (Å²) in [4.78, 5) is 37.5. The summed E-state index contributed by atoms with van der Waals surface area (Å²) in [6.07, 6.45) is 4.20. The summed E-state index contributed by atoms with van der Waals surface area (Å²) in [5.74, 6) is -2.02. The number of carbonyl (C=O) groups excluding carboxylic acids is 3. The Bertz CT molecular complexity index is 895. The van der Waals surface area contributed by atoms with E-state index in [2.05, 4.69) is 0 Å². The molecule has 3 fully saturated rings. The van der Waals surface area contributed by atoms with Crippen LogP contribution in [0.15, 0.2) is 23.8 Å². The van der Waals surface area contributed by atoms with Crippen LogP contribution in [-0.4, -0.2) is 52.2 Å². The maximum Gasteiger partial charge on any atom is 0.306 e. The molecule has 4 aliphatic carbocycles. The first-order valence-electron chi connectivity index (χ1n) is 11.7. The number of Topliss-reactive ketones (excluding diaryl/α,β-unsaturated/α-hetero) is 1. The molecule has 0 spiro atoms. The summed E-state index contributed by atoms with van der Waals surface area (Å²) in [5, 5.41) is 21.2. The fourth-order valence-corrected chi connectivity index (χ4v) is 7.58. The fourth-order valence-electron chi connectivity index (χ4n) is 7.58. The molecule has 0 amide bonds. The number of esters is 1. The van der Waals surface area contributed by atoms with E-state index in [0.29, 0.717) is 18.4 Å². The van der Waals surface area contributed by atoms with Crippen LogP contribution in [-0.2, 0) is 19.1 Å². The van der Waals surface area contributed by atoms with Crippen LogP contribution in [0.25, 0.3) is 0 Å². The zero-order valence-electron chi connectivity index (χ0n) is 19.0. The van der Waals surface area contributed by atoms with Gasteiger partial charge in [-0.25, -0.2) is 4.39 Å². The highest BCUT2D eigenvalue weighted by Gasteiger charge is 2.70. The van der Waals surface area contributed by atoms with Gasteiger partial charge in [0.05, 0.1) is 6.10 Å². The third-order valence-corrected chi connectivity index (χ3v) is 8.93. The number of halogens is 1. The maximum absolute atomic E-state index is 15.4. The molecular formula is C25H33FO6. The second-order valence-electron chi connectivity index (χ2n) is 10.5. The minimum Gasteiger partial charge on any atom is -0.450 e. The van der Waals surface area contributed by atoms with Crippen LogP contribution in [0.2, 0.25) is 0 Å². The Morgan fingerprint density at radius 3 is 2.69 bits per heavy atom. The average Bonchev–Trinajstić information content (AvgIpc) is 3.01. The van der Waals surface area contributed by atoms with Crippen molar-refractivity contribution in [1.29, 1.82) is 0 Å². The largest absolute Gasteiger partial charge is 0.450 e. The van der Waals surface area contributed by atoms with E-state index >= 15 is 4.39 Å². The van der Waals surface area contributed by atoms with E-state index in [0.717, 1.165) is 0 Å². The number of hydrogen-bond donors (Lipinski definition) is 2. The Hall–Kier alpha value is -1.86. The van der Waals surface area contributed by atoms with E-state index in [9.17, 15) is 24.6 Å². The first-order chi connectivity index (χ1) is 15.0. The molecule has 0 aromatic carbocycles. The number of alkyl halides is 1. The van der Waals surface area contributed by atoms with Crippen molar-refractivity contribution in [2.24, 2.45) is 28.6 Å². The molecule has 0 aliphatic heterocycles. The Kier molecular flexibility index (Phi) is 5.73. The van der Waals surface area contributed by atoms with Gasteiger partial charge in [-0.2, -0.15) is 0 Å². The number of rotatable bonds is 5. The van der Waals surface area contributed by atoms with Crippen LogP contribution in [0.3, 0.4) is 0 Å². The molecule has 4 rings (SSSR count). The molecule has 6 nitrogen and oxygen atoms in total. The van der Waals surface area contributed by atoms with Crippen molar-refractivity contribution in [2.75, 3.05) is 6.61 Å². The normalized spacial score (nSPS) is 44.9. The van der Waals surface area contributed by atoms with Crippen LogP contribution in [0.4, 0.5) is 4.39 Å². The Labute approximate surface area is 187 Å². The van der Waals surface area contributed by atoms with Crippen molar-refractivity contribution in [2.45, 2.75) is 77.2 Å². The smallest absolute Gasteiger partial charge is 0.306 e. The molecule has 3 saturated carbocycles. The lowest BCUT2D eigenvalue weighted by Gasteiger charge is -2.60. The quantitative estimate of drug-likeness (QED) is 0.628. The molecule has 2 N–H and O–H groups in total. The number of hydrogen-bond acceptors (Lipinski definition) is 6. The van der Waals surface area contributed by atoms with E-state index in [4.69, 9.17) is 4.74 Å². The molecule has 8 atom stereocenters. The van der Waals surface area contributed by atoms with Gasteiger partial charge in [0.15, 0.2) is 11.4 Å². The van der Waals surface area contributed by atoms with Crippen molar-refractivity contribution < 1.29 is 33.7 Å². The van der Waals surface area contributed by atoms with E-state index in [1.807, 2.05) is 20.8 Å². The van der Waals surface area contributed by atoms with E-state index in [1.54, 1.807) is 6.08 Å². The molecular weight excluding hydrogens is 415 g/mol. The Balaban J connectivity index is 1.76. The predicted octanol–water partition coefficient (Wildman–Crippen LogP) is 2.86. The lowest BCUT2D eigenvalue weighted by molar-refractivity contribution is -0.201. The highest BCUT2D eigenvalue weighted by atomic mass is 19.1. The third kappa shape index (κ3) is 3.07. The second-order valence-corrected chi connectivity index (χ2v) is 10.5. The molecule has 176 valence electrons. The zero-order chi connectivity index (χ0) is 23.5. The minimum absolute atomic E-state index is 0.150. The zero-order valence-corrected chi connectivity index (χ0v) is 19.0. The van der Waals surface area contributed by atoms with Gasteiger partial charge in [-0.05, 0) is 61.7 Å². The molecule has 0 heterocycles. The van der Waals surface area contributed by atoms with Crippen LogP contribution >= 0.6 is 0 Å². The average molecular weight is 449 g/mol. The minimum atomic E-state index is -1.52. The SMILES string of the molecule is CCCC(=O)O[C@]1(C(=O)CO)CC[C@H]2[C@@H]3C[C@H](F)C4=CC(=O)C=C[C@]4(C)[C@H]3[C@@H](O)C[C@@]21C. The van der Waals surface area contributed by atoms with E-state index in [-0.39, 0.29) is 49.2 Å². The highest BCUT2D eigenvalue weighted by Crippen LogP contribution is 2.68. The molecule has 7 heteroatoms. The molecule has 0 unspecified atom stereocenters. The van der Waals surface area contributed by atoms with E-state index in [1.165, 1.54) is 12.2 Å². The van der Waals surface area contributed by atoms with Gasteiger partial charge in [0.2, 0.25) is 5.78 Å². The Morgan fingerprint density at radius 2 is 2.03 bits per heavy atom. The first-order valence-corrected chi connectivity index (χ1v) is 11.7. The van der Waals surface area contributed by atoms with Gasteiger partial charge in [0.1, 0.15) is 12.8 Å². The van der Waals surface area contributed by atoms with Crippen molar-refractivity contribution in [1.82, 2.24) is 0 Å². The van der Waals surface area contributed by atoms with E-state index < -0.39 is 47.1 Å². The van der Waals surface area contributed by atoms with Crippen molar-refractivity contribution >= 4 is 17.5 Å². The summed E-state index contributed by atoms with van der Waals surface area (Å²) in [7, 11) is 0. The molecule has 0 radical (unpaired) electrons. The molecule has 0 saturated heterocycles. The fraction of sp³-hybridized carbons (Fsp3) is 0.720. The summed E-state index contributed by atoms with van der Waals surface area (Å²) in [6.45, 7) is 4.80. The predicted molar refractivity (Wildman–Crippen MR) is 114 cm³/mol. The Morgan fingerprint density at radius 1 is 1.31 bits per heavy atom. The van der Waals surface area contributed by atoms with Gasteiger partial charge in [-0.15, -0.1) is 0 Å². The summed E-state index contributed by atoms with van der Waals surface area (Å²) in [6, 6.07) is 0. The lowest BCUT2D eigenvalue weighted by atomic mass is 9.46. The third-order valence-electron chi connectivity index (χ3n) is 8.93. The van der Waals surface area contributed by atoms with Gasteiger partial charge in [-0.1, -0.05) is 26.8 Å². The monoisotopic (exact) mass is 448 g/mol. The number of ketones is 2. The number of fused-ring (bicyclic) bond motifs is 5. The van der Waals surface area contributed by atoms with Gasteiger partial charge in [0, 0.05) is 23.2 Å². The molecule has 0 aromatic rings. The number of aliphatic hydroxyl groups is 2. The van der Waals surface area contributed by atoms with Gasteiger partial charge < -0.3 is 14.9 Å². The molecule has 4 aliphatic rings. The van der Waals surface area contributed by atoms with Crippen LogP contribution in [0, 0.1) is 28.6 Å². The molecule has 0 aromatic heterocycles. The van der Waals surface area contributed by atoms with Crippen molar-refractivity contribution in [3.8, 4) is 0 Å². The number of carbonyl (C=O) groups is 3. The number of aliphatic hydroxyl groups excluding tert-OH is 2.